The first-order valence-corrected chi connectivity index (χ1v) is 6.19. The molecule has 1 aromatic rings. The van der Waals surface area contributed by atoms with Crippen molar-refractivity contribution in [2.75, 3.05) is 5.32 Å². The largest absolute Gasteiger partial charge is 0.327 e. The second-order valence-electron chi connectivity index (χ2n) is 4.44. The Hall–Kier alpha value is -1.68. The molecule has 0 aliphatic carbocycles. The SMILES string of the molecule is CCCC(N)CC(=O)Nc1cccc(C(C)=O)c1. The lowest BCUT2D eigenvalue weighted by Crippen LogP contribution is -2.26. The van der Waals surface area contributed by atoms with Crippen LogP contribution in [0.3, 0.4) is 0 Å². The molecule has 18 heavy (non-hydrogen) atoms. The Morgan fingerprint density at radius 3 is 2.72 bits per heavy atom. The third-order valence-electron chi connectivity index (χ3n) is 2.66. The third kappa shape index (κ3) is 4.67. The summed E-state index contributed by atoms with van der Waals surface area (Å²) in [5.41, 5.74) is 7.03. The van der Waals surface area contributed by atoms with Crippen molar-refractivity contribution >= 4 is 17.4 Å². The van der Waals surface area contributed by atoms with Gasteiger partial charge in [0.05, 0.1) is 0 Å². The fourth-order valence-electron chi connectivity index (χ4n) is 1.74. The zero-order valence-corrected chi connectivity index (χ0v) is 10.9. The molecule has 0 aliphatic rings. The Kier molecular flexibility index (Phi) is 5.52. The smallest absolute Gasteiger partial charge is 0.225 e. The summed E-state index contributed by atoms with van der Waals surface area (Å²) >= 11 is 0. The lowest BCUT2D eigenvalue weighted by atomic mass is 10.1. The summed E-state index contributed by atoms with van der Waals surface area (Å²) in [6, 6.07) is 6.80. The van der Waals surface area contributed by atoms with Crippen LogP contribution in [0.1, 0.15) is 43.5 Å². The van der Waals surface area contributed by atoms with Gasteiger partial charge in [-0.25, -0.2) is 0 Å². The standard InChI is InChI=1S/C14H20N2O2/c1-3-5-12(15)9-14(18)16-13-7-4-6-11(8-13)10(2)17/h4,6-8,12H,3,5,9,15H2,1-2H3,(H,16,18). The van der Waals surface area contributed by atoms with Gasteiger partial charge in [-0.15, -0.1) is 0 Å². The molecule has 4 heteroatoms. The normalized spacial score (nSPS) is 11.9. The van der Waals surface area contributed by atoms with Gasteiger partial charge < -0.3 is 11.1 Å². The molecule has 1 unspecified atom stereocenters. The first kappa shape index (κ1) is 14.4. The molecule has 1 rings (SSSR count). The van der Waals surface area contributed by atoms with Crippen molar-refractivity contribution in [1.82, 2.24) is 0 Å². The molecular formula is C14H20N2O2. The highest BCUT2D eigenvalue weighted by atomic mass is 16.1. The van der Waals surface area contributed by atoms with Crippen LogP contribution in [-0.2, 0) is 4.79 Å². The molecule has 0 radical (unpaired) electrons. The van der Waals surface area contributed by atoms with Crippen molar-refractivity contribution in [1.29, 1.82) is 0 Å². The molecular weight excluding hydrogens is 228 g/mol. The molecule has 0 saturated heterocycles. The molecule has 0 bridgehead atoms. The van der Waals surface area contributed by atoms with E-state index < -0.39 is 0 Å². The van der Waals surface area contributed by atoms with Crippen molar-refractivity contribution in [3.8, 4) is 0 Å². The fraction of sp³-hybridized carbons (Fsp3) is 0.429. The van der Waals surface area contributed by atoms with E-state index >= 15 is 0 Å². The van der Waals surface area contributed by atoms with Gasteiger partial charge in [-0.05, 0) is 25.5 Å². The van der Waals surface area contributed by atoms with E-state index in [1.807, 2.05) is 6.92 Å². The summed E-state index contributed by atoms with van der Waals surface area (Å²) in [4.78, 5) is 22.9. The lowest BCUT2D eigenvalue weighted by molar-refractivity contribution is -0.116. The van der Waals surface area contributed by atoms with Gasteiger partial charge >= 0.3 is 0 Å². The molecule has 1 amide bonds. The Morgan fingerprint density at radius 1 is 1.39 bits per heavy atom. The summed E-state index contributed by atoms with van der Waals surface area (Å²) in [6.07, 6.45) is 2.10. The van der Waals surface area contributed by atoms with Gasteiger partial charge in [0.15, 0.2) is 5.78 Å². The number of Topliss-reactive ketones (excluding diaryl/α,β-unsaturated/α-hetero) is 1. The van der Waals surface area contributed by atoms with Gasteiger partial charge in [-0.2, -0.15) is 0 Å². The van der Waals surface area contributed by atoms with E-state index in [2.05, 4.69) is 5.32 Å². The average molecular weight is 248 g/mol. The Morgan fingerprint density at radius 2 is 2.11 bits per heavy atom. The number of anilines is 1. The molecule has 98 valence electrons. The number of benzene rings is 1. The summed E-state index contributed by atoms with van der Waals surface area (Å²) in [7, 11) is 0. The summed E-state index contributed by atoms with van der Waals surface area (Å²) < 4.78 is 0. The summed E-state index contributed by atoms with van der Waals surface area (Å²) in [5.74, 6) is -0.134. The molecule has 0 fully saturated rings. The summed E-state index contributed by atoms with van der Waals surface area (Å²) in [5, 5.41) is 2.76. The van der Waals surface area contributed by atoms with E-state index in [1.165, 1.54) is 6.92 Å². The van der Waals surface area contributed by atoms with E-state index in [0.29, 0.717) is 17.7 Å². The van der Waals surface area contributed by atoms with E-state index in [4.69, 9.17) is 5.73 Å². The fourth-order valence-corrected chi connectivity index (χ4v) is 1.74. The molecule has 0 aliphatic heterocycles. The predicted molar refractivity (Wildman–Crippen MR) is 72.6 cm³/mol. The minimum Gasteiger partial charge on any atom is -0.327 e. The highest BCUT2D eigenvalue weighted by Crippen LogP contribution is 2.12. The number of carbonyl (C=O) groups excluding carboxylic acids is 2. The molecule has 0 aromatic heterocycles. The van der Waals surface area contributed by atoms with E-state index in [-0.39, 0.29) is 17.7 Å². The second kappa shape index (κ2) is 6.91. The monoisotopic (exact) mass is 248 g/mol. The van der Waals surface area contributed by atoms with Crippen molar-refractivity contribution in [2.24, 2.45) is 5.73 Å². The van der Waals surface area contributed by atoms with Crippen LogP contribution >= 0.6 is 0 Å². The lowest BCUT2D eigenvalue weighted by Gasteiger charge is -2.11. The quantitative estimate of drug-likeness (QED) is 0.759. The first-order chi connectivity index (χ1) is 8.52. The highest BCUT2D eigenvalue weighted by Gasteiger charge is 2.09. The topological polar surface area (TPSA) is 72.2 Å². The van der Waals surface area contributed by atoms with Crippen LogP contribution in [0.4, 0.5) is 5.69 Å². The highest BCUT2D eigenvalue weighted by molar-refractivity contribution is 5.97. The maximum absolute atomic E-state index is 11.7. The van der Waals surface area contributed by atoms with Gasteiger partial charge in [-0.3, -0.25) is 9.59 Å². The van der Waals surface area contributed by atoms with Gasteiger partial charge in [0.1, 0.15) is 0 Å². The number of amides is 1. The number of rotatable bonds is 6. The number of hydrogen-bond donors (Lipinski definition) is 2. The second-order valence-corrected chi connectivity index (χ2v) is 4.44. The van der Waals surface area contributed by atoms with Crippen molar-refractivity contribution in [2.45, 2.75) is 39.2 Å². The molecule has 3 N–H and O–H groups in total. The van der Waals surface area contributed by atoms with E-state index in [9.17, 15) is 9.59 Å². The van der Waals surface area contributed by atoms with Gasteiger partial charge in [0.25, 0.3) is 0 Å². The van der Waals surface area contributed by atoms with Crippen molar-refractivity contribution in [3.05, 3.63) is 29.8 Å². The number of hydrogen-bond acceptors (Lipinski definition) is 3. The average Bonchev–Trinajstić information content (AvgIpc) is 2.29. The molecule has 1 atom stereocenters. The zero-order valence-electron chi connectivity index (χ0n) is 10.9. The van der Waals surface area contributed by atoms with Gasteiger partial charge in [-0.1, -0.05) is 25.5 Å². The minimum absolute atomic E-state index is 0.0196. The van der Waals surface area contributed by atoms with Crippen LogP contribution in [0.15, 0.2) is 24.3 Å². The molecule has 0 saturated carbocycles. The number of nitrogens with two attached hydrogens (primary N) is 1. The maximum Gasteiger partial charge on any atom is 0.225 e. The van der Waals surface area contributed by atoms with Crippen molar-refractivity contribution in [3.63, 3.8) is 0 Å². The predicted octanol–water partition coefficient (Wildman–Crippen LogP) is 2.35. The van der Waals surface area contributed by atoms with Crippen LogP contribution in [0.2, 0.25) is 0 Å². The molecule has 0 heterocycles. The van der Waals surface area contributed by atoms with Crippen molar-refractivity contribution < 1.29 is 9.59 Å². The molecule has 0 spiro atoms. The van der Waals surface area contributed by atoms with E-state index in [0.717, 1.165) is 12.8 Å². The van der Waals surface area contributed by atoms with Gasteiger partial charge in [0.2, 0.25) is 5.91 Å². The van der Waals surface area contributed by atoms with Gasteiger partial charge in [0, 0.05) is 23.7 Å². The van der Waals surface area contributed by atoms with Crippen LogP contribution < -0.4 is 11.1 Å². The molecule has 1 aromatic carbocycles. The zero-order chi connectivity index (χ0) is 13.5. The first-order valence-electron chi connectivity index (χ1n) is 6.19. The minimum atomic E-state index is -0.114. The van der Waals surface area contributed by atoms with Crippen LogP contribution in [0.25, 0.3) is 0 Å². The number of carbonyl (C=O) groups is 2. The summed E-state index contributed by atoms with van der Waals surface area (Å²) in [6.45, 7) is 3.53. The van der Waals surface area contributed by atoms with Crippen LogP contribution in [0.5, 0.6) is 0 Å². The Labute approximate surface area is 108 Å². The Balaban J connectivity index is 2.59. The maximum atomic E-state index is 11.7. The number of ketones is 1. The van der Waals surface area contributed by atoms with E-state index in [1.54, 1.807) is 24.3 Å². The number of nitrogens with one attached hydrogen (secondary N) is 1. The third-order valence-corrected chi connectivity index (χ3v) is 2.66. The molecule has 4 nitrogen and oxygen atoms in total. The van der Waals surface area contributed by atoms with Crippen LogP contribution in [-0.4, -0.2) is 17.7 Å². The Bertz CT molecular complexity index is 430. The van der Waals surface area contributed by atoms with Crippen LogP contribution in [0, 0.1) is 0 Å².